The number of esters is 2. The first-order valence-electron chi connectivity index (χ1n) is 19.3. The van der Waals surface area contributed by atoms with Gasteiger partial charge in [-0.2, -0.15) is 0 Å². The molecule has 0 aliphatic heterocycles. The van der Waals surface area contributed by atoms with Crippen LogP contribution in [0.25, 0.3) is 0 Å². The minimum absolute atomic E-state index is 0.0419. The third-order valence-corrected chi connectivity index (χ3v) is 14.0. The van der Waals surface area contributed by atoms with Crippen LogP contribution in [0.15, 0.2) is 37.0 Å². The van der Waals surface area contributed by atoms with Crippen molar-refractivity contribution < 1.29 is 19.1 Å². The SMILES string of the molecule is C=C[C@H](CCCC(C)C)[C@H]1CCC2[C@@H]3CCC4C[C@@H](CCCC(COC(=O)C(=C)C)COC(=O)C(=C)CN)CC[C@]4(C)C3CC[C@@]21C. The maximum Gasteiger partial charge on any atom is 0.334 e. The van der Waals surface area contributed by atoms with Crippen LogP contribution in [0.3, 0.4) is 0 Å². The van der Waals surface area contributed by atoms with E-state index in [0.29, 0.717) is 22.3 Å². The Bertz CT molecular complexity index is 1110. The molecular weight excluding hydrogens is 582 g/mol. The average molecular weight is 652 g/mol. The topological polar surface area (TPSA) is 78.6 Å². The Labute approximate surface area is 287 Å². The molecule has 4 saturated carbocycles. The lowest BCUT2D eigenvalue weighted by molar-refractivity contribution is -0.144. The Morgan fingerprint density at radius 2 is 1.55 bits per heavy atom. The summed E-state index contributed by atoms with van der Waals surface area (Å²) in [7, 11) is 0. The third kappa shape index (κ3) is 8.84. The first-order valence-corrected chi connectivity index (χ1v) is 19.3. The monoisotopic (exact) mass is 652 g/mol. The molecular formula is C42H69NO4. The molecule has 4 unspecified atom stereocenters. The fraction of sp³-hybridized carbons (Fsp3) is 0.810. The zero-order valence-electron chi connectivity index (χ0n) is 30.8. The van der Waals surface area contributed by atoms with E-state index in [0.717, 1.165) is 54.3 Å². The molecule has 0 aromatic heterocycles. The van der Waals surface area contributed by atoms with E-state index < -0.39 is 11.9 Å². The molecule has 2 N–H and O–H groups in total. The van der Waals surface area contributed by atoms with E-state index >= 15 is 0 Å². The molecule has 266 valence electrons. The van der Waals surface area contributed by atoms with Crippen LogP contribution in [-0.2, 0) is 19.1 Å². The predicted molar refractivity (Wildman–Crippen MR) is 193 cm³/mol. The normalized spacial score (nSPS) is 34.4. The van der Waals surface area contributed by atoms with Crippen molar-refractivity contribution in [3.05, 3.63) is 37.0 Å². The molecule has 4 aliphatic carbocycles. The Kier molecular flexibility index (Phi) is 13.5. The van der Waals surface area contributed by atoms with E-state index in [4.69, 9.17) is 15.2 Å². The standard InChI is InChI=1S/C42H69NO4/c1-9-33(15-10-12-28(2)3)36-18-19-37-35-17-16-34-24-31(20-22-41(34,7)38(35)21-23-42(36,37)8)13-11-14-32(26-46-39(44)29(4)5)27-47-40(45)30(6)25-43/h9,28,31-38H,1,4,6,10-27,43H2,2-3,5,7-8H3/t31-,32?,33+,34?,35-,36+,37?,38?,41-,42+/m0/s1. The number of hydrogen-bond acceptors (Lipinski definition) is 5. The van der Waals surface area contributed by atoms with Crippen LogP contribution in [0.1, 0.15) is 131 Å². The van der Waals surface area contributed by atoms with Crippen LogP contribution >= 0.6 is 0 Å². The molecule has 4 aliphatic rings. The zero-order chi connectivity index (χ0) is 34.4. The van der Waals surface area contributed by atoms with E-state index in [1.165, 1.54) is 83.5 Å². The van der Waals surface area contributed by atoms with E-state index in [-0.39, 0.29) is 31.2 Å². The molecule has 4 fully saturated rings. The van der Waals surface area contributed by atoms with Gasteiger partial charge in [-0.1, -0.05) is 72.6 Å². The summed E-state index contributed by atoms with van der Waals surface area (Å²) in [5.74, 6) is 5.73. The van der Waals surface area contributed by atoms with E-state index in [1.54, 1.807) is 6.92 Å². The van der Waals surface area contributed by atoms with Crippen molar-refractivity contribution in [3.63, 3.8) is 0 Å². The fourth-order valence-corrected chi connectivity index (χ4v) is 11.2. The van der Waals surface area contributed by atoms with Gasteiger partial charge in [0.1, 0.15) is 0 Å². The van der Waals surface area contributed by atoms with Crippen molar-refractivity contribution in [2.45, 2.75) is 131 Å². The van der Waals surface area contributed by atoms with Gasteiger partial charge in [-0.3, -0.25) is 0 Å². The summed E-state index contributed by atoms with van der Waals surface area (Å²) >= 11 is 0. The molecule has 5 nitrogen and oxygen atoms in total. The summed E-state index contributed by atoms with van der Waals surface area (Å²) in [5.41, 5.74) is 7.19. The second-order valence-corrected chi connectivity index (χ2v) is 17.3. The summed E-state index contributed by atoms with van der Waals surface area (Å²) < 4.78 is 10.9. The fourth-order valence-electron chi connectivity index (χ4n) is 11.2. The van der Waals surface area contributed by atoms with Gasteiger partial charge in [0.15, 0.2) is 0 Å². The van der Waals surface area contributed by atoms with Crippen LogP contribution < -0.4 is 5.73 Å². The summed E-state index contributed by atoms with van der Waals surface area (Å²) in [6.07, 6.45) is 22.1. The molecule has 0 aromatic carbocycles. The first kappa shape index (κ1) is 37.9. The molecule has 0 radical (unpaired) electrons. The molecule has 47 heavy (non-hydrogen) atoms. The second-order valence-electron chi connectivity index (χ2n) is 17.3. The Balaban J connectivity index is 1.31. The van der Waals surface area contributed by atoms with Crippen LogP contribution in [0, 0.1) is 64.1 Å². The minimum Gasteiger partial charge on any atom is -0.462 e. The molecule has 5 heteroatoms. The lowest BCUT2D eigenvalue weighted by Crippen LogP contribution is -2.53. The Morgan fingerprint density at radius 1 is 0.872 bits per heavy atom. The summed E-state index contributed by atoms with van der Waals surface area (Å²) in [4.78, 5) is 24.2. The molecule has 10 atom stereocenters. The van der Waals surface area contributed by atoms with Gasteiger partial charge in [-0.25, -0.2) is 9.59 Å². The molecule has 0 bridgehead atoms. The summed E-state index contributed by atoms with van der Waals surface area (Å²) in [6, 6.07) is 0. The van der Waals surface area contributed by atoms with Gasteiger partial charge in [0.05, 0.1) is 13.2 Å². The van der Waals surface area contributed by atoms with Crippen LogP contribution in [0.5, 0.6) is 0 Å². The highest BCUT2D eigenvalue weighted by Gasteiger charge is 2.60. The van der Waals surface area contributed by atoms with E-state index in [2.05, 4.69) is 53.5 Å². The second kappa shape index (κ2) is 16.7. The number of allylic oxidation sites excluding steroid dienone is 1. The molecule has 0 amide bonds. The average Bonchev–Trinajstić information content (AvgIpc) is 3.40. The summed E-state index contributed by atoms with van der Waals surface area (Å²) in [6.45, 7) is 24.0. The van der Waals surface area contributed by atoms with Gasteiger partial charge in [0, 0.05) is 23.6 Å². The molecule has 0 aromatic rings. The predicted octanol–water partition coefficient (Wildman–Crippen LogP) is 9.85. The number of ether oxygens (including phenoxy) is 2. The minimum atomic E-state index is -0.468. The first-order chi connectivity index (χ1) is 22.3. The maximum absolute atomic E-state index is 12.2. The van der Waals surface area contributed by atoms with Crippen molar-refractivity contribution in [2.24, 2.45) is 69.8 Å². The zero-order valence-corrected chi connectivity index (χ0v) is 30.8. The van der Waals surface area contributed by atoms with Crippen molar-refractivity contribution in [3.8, 4) is 0 Å². The van der Waals surface area contributed by atoms with Gasteiger partial charge in [-0.05, 0) is 136 Å². The quantitative estimate of drug-likeness (QED) is 0.0962. The van der Waals surface area contributed by atoms with E-state index in [9.17, 15) is 9.59 Å². The van der Waals surface area contributed by atoms with Crippen LogP contribution in [0.4, 0.5) is 0 Å². The Hall–Kier alpha value is -1.88. The number of rotatable bonds is 17. The number of fused-ring (bicyclic) bond motifs is 5. The van der Waals surface area contributed by atoms with Crippen LogP contribution in [0.2, 0.25) is 0 Å². The van der Waals surface area contributed by atoms with Crippen molar-refractivity contribution in [2.75, 3.05) is 19.8 Å². The van der Waals surface area contributed by atoms with Gasteiger partial charge in [0.2, 0.25) is 0 Å². The molecule has 0 spiro atoms. The number of carbonyl (C=O) groups is 2. The number of nitrogens with two attached hydrogens (primary N) is 1. The smallest absolute Gasteiger partial charge is 0.334 e. The van der Waals surface area contributed by atoms with Crippen LogP contribution in [-0.4, -0.2) is 31.7 Å². The highest BCUT2D eigenvalue weighted by molar-refractivity contribution is 5.88. The number of hydrogen-bond donors (Lipinski definition) is 1. The van der Waals surface area contributed by atoms with Gasteiger partial charge in [-0.15, -0.1) is 6.58 Å². The lowest BCUT2D eigenvalue weighted by Gasteiger charge is -2.61. The van der Waals surface area contributed by atoms with Gasteiger partial charge in [0.25, 0.3) is 0 Å². The molecule has 0 heterocycles. The lowest BCUT2D eigenvalue weighted by atomic mass is 9.44. The van der Waals surface area contributed by atoms with Gasteiger partial charge < -0.3 is 15.2 Å². The van der Waals surface area contributed by atoms with Gasteiger partial charge >= 0.3 is 11.9 Å². The summed E-state index contributed by atoms with van der Waals surface area (Å²) in [5, 5.41) is 0. The highest BCUT2D eigenvalue weighted by atomic mass is 16.5. The number of carbonyl (C=O) groups excluding carboxylic acids is 2. The maximum atomic E-state index is 12.2. The van der Waals surface area contributed by atoms with Crippen molar-refractivity contribution in [1.29, 1.82) is 0 Å². The molecule has 0 saturated heterocycles. The third-order valence-electron chi connectivity index (χ3n) is 14.0. The highest BCUT2D eigenvalue weighted by Crippen LogP contribution is 2.69. The van der Waals surface area contributed by atoms with E-state index in [1.807, 2.05) is 0 Å². The molecule has 4 rings (SSSR count). The Morgan fingerprint density at radius 3 is 2.21 bits per heavy atom. The largest absolute Gasteiger partial charge is 0.462 e. The van der Waals surface area contributed by atoms with Crippen molar-refractivity contribution in [1.82, 2.24) is 0 Å². The van der Waals surface area contributed by atoms with Crippen molar-refractivity contribution >= 4 is 11.9 Å².